The molecule has 1 heterocycles. The Morgan fingerprint density at radius 1 is 1.57 bits per heavy atom. The molecule has 6 heteroatoms. The van der Waals surface area contributed by atoms with E-state index < -0.39 is 13.2 Å². The number of hydrogen-bond donors (Lipinski definition) is 3. The fourth-order valence-electron chi connectivity index (χ4n) is 1.42. The van der Waals surface area contributed by atoms with E-state index in [1.54, 1.807) is 18.2 Å². The first kappa shape index (κ1) is 9.05. The number of fused-ring (bicyclic) bond motifs is 1. The molecule has 3 N–H and O–H groups in total. The minimum Gasteiger partial charge on any atom is -0.465 e. The maximum Gasteiger partial charge on any atom is 0.491 e. The average Bonchev–Trinajstić information content (AvgIpc) is 2.47. The zero-order chi connectivity index (χ0) is 10.1. The Balaban J connectivity index is 2.30. The van der Waals surface area contributed by atoms with Gasteiger partial charge in [-0.05, 0) is 23.2 Å². The monoisotopic (exact) mass is 193 g/mol. The van der Waals surface area contributed by atoms with E-state index in [-0.39, 0.29) is 0 Å². The predicted octanol–water partition coefficient (Wildman–Crippen LogP) is -0.00580. The number of amides is 1. The van der Waals surface area contributed by atoms with Gasteiger partial charge < -0.3 is 14.8 Å². The number of rotatable bonds is 1. The van der Waals surface area contributed by atoms with Gasteiger partial charge in [-0.3, -0.25) is 5.32 Å². The van der Waals surface area contributed by atoms with Gasteiger partial charge in [-0.1, -0.05) is 6.07 Å². The predicted molar refractivity (Wildman–Crippen MR) is 50.5 cm³/mol. The average molecular weight is 193 g/mol. The second-order valence-corrected chi connectivity index (χ2v) is 3.01. The molecule has 1 amide bonds. The lowest BCUT2D eigenvalue weighted by molar-refractivity contribution is 0.209. The lowest BCUT2D eigenvalue weighted by Gasteiger charge is -2.03. The van der Waals surface area contributed by atoms with Crippen molar-refractivity contribution in [1.29, 1.82) is 0 Å². The van der Waals surface area contributed by atoms with E-state index in [1.807, 2.05) is 0 Å². The van der Waals surface area contributed by atoms with Gasteiger partial charge in [0.25, 0.3) is 0 Å². The highest BCUT2D eigenvalue weighted by molar-refractivity contribution is 6.61. The van der Waals surface area contributed by atoms with E-state index in [9.17, 15) is 9.82 Å². The summed E-state index contributed by atoms with van der Waals surface area (Å²) in [5.74, 6) is 0. The van der Waals surface area contributed by atoms with E-state index in [4.69, 9.17) is 9.76 Å². The van der Waals surface area contributed by atoms with Gasteiger partial charge in [0, 0.05) is 5.69 Å². The van der Waals surface area contributed by atoms with Gasteiger partial charge >= 0.3 is 13.2 Å². The topological polar surface area (TPSA) is 78.8 Å². The van der Waals surface area contributed by atoms with Crippen LogP contribution in [0.2, 0.25) is 0 Å². The summed E-state index contributed by atoms with van der Waals surface area (Å²) in [5.41, 5.74) is 1.94. The van der Waals surface area contributed by atoms with Crippen LogP contribution in [-0.4, -0.2) is 23.3 Å². The van der Waals surface area contributed by atoms with Crippen LogP contribution in [0.5, 0.6) is 0 Å². The van der Waals surface area contributed by atoms with E-state index >= 15 is 0 Å². The van der Waals surface area contributed by atoms with Crippen molar-refractivity contribution in [1.82, 2.24) is 0 Å². The highest BCUT2D eigenvalue weighted by Gasteiger charge is 2.27. The van der Waals surface area contributed by atoms with Crippen LogP contribution >= 0.6 is 0 Å². The molecule has 0 unspecified atom stereocenters. The van der Waals surface area contributed by atoms with Crippen LogP contribution in [0.3, 0.4) is 0 Å². The number of benzene rings is 1. The van der Waals surface area contributed by atoms with Crippen molar-refractivity contribution in [2.45, 2.75) is 6.61 Å². The Morgan fingerprint density at radius 3 is 3.07 bits per heavy atom. The van der Waals surface area contributed by atoms with E-state index in [0.717, 1.165) is 5.56 Å². The summed E-state index contributed by atoms with van der Waals surface area (Å²) in [4.78, 5) is 10.3. The third-order valence-corrected chi connectivity index (χ3v) is 2.06. The first-order chi connectivity index (χ1) is 6.66. The summed E-state index contributed by atoms with van der Waals surface area (Å²) in [5, 5.41) is 20.0. The molecule has 2 rings (SSSR count). The highest BCUT2D eigenvalue weighted by atomic mass is 16.5. The number of nitrogens with one attached hydrogen (secondary N) is 1. The molecular weight excluding hydrogens is 185 g/mol. The Labute approximate surface area is 80.5 Å². The van der Waals surface area contributed by atoms with Crippen molar-refractivity contribution >= 4 is 24.4 Å². The maximum atomic E-state index is 10.3. The lowest BCUT2D eigenvalue weighted by atomic mass is 9.79. The van der Waals surface area contributed by atoms with Gasteiger partial charge in [0.1, 0.15) is 0 Å². The Bertz CT molecular complexity index is 382. The van der Waals surface area contributed by atoms with Crippen LogP contribution < -0.4 is 10.8 Å². The Kier molecular flexibility index (Phi) is 2.15. The summed E-state index contributed by atoms with van der Waals surface area (Å²) < 4.78 is 4.96. The summed E-state index contributed by atoms with van der Waals surface area (Å²) >= 11 is 0. The molecule has 1 aromatic rings. The molecular formula is C8H8BNO4. The Hall–Kier alpha value is -1.53. The normalized spacial score (nSPS) is 13.9. The number of hydrogen-bond acceptors (Lipinski definition) is 3. The molecule has 0 aliphatic carbocycles. The first-order valence-corrected chi connectivity index (χ1v) is 4.09. The summed E-state index contributed by atoms with van der Waals surface area (Å²) in [6.45, 7) is 0.365. The minimum absolute atomic E-state index is 0.365. The zero-order valence-corrected chi connectivity index (χ0v) is 7.23. The molecule has 0 aromatic heterocycles. The standard InChI is InChI=1S/C8H8BNO4/c11-8(12)10-6-2-1-5-4-14-9(13)7(5)3-6/h1-3,10,13H,4H2,(H,11,12). The van der Waals surface area contributed by atoms with Gasteiger partial charge in [-0.15, -0.1) is 0 Å². The van der Waals surface area contributed by atoms with Crippen LogP contribution in [0.25, 0.3) is 0 Å². The summed E-state index contributed by atoms with van der Waals surface area (Å²) in [6.07, 6.45) is -1.13. The molecule has 5 nitrogen and oxygen atoms in total. The van der Waals surface area contributed by atoms with Crippen molar-refractivity contribution in [3.05, 3.63) is 23.8 Å². The first-order valence-electron chi connectivity index (χ1n) is 4.09. The SMILES string of the molecule is O=C(O)Nc1ccc2c(c1)B(O)OC2. The fraction of sp³-hybridized carbons (Fsp3) is 0.125. The van der Waals surface area contributed by atoms with Gasteiger partial charge in [-0.2, -0.15) is 0 Å². The number of carboxylic acid groups (broad SMARTS) is 1. The molecule has 0 fully saturated rings. The van der Waals surface area contributed by atoms with Gasteiger partial charge in [0.05, 0.1) is 6.61 Å². The second kappa shape index (κ2) is 3.32. The quantitative estimate of drug-likeness (QED) is 0.548. The minimum atomic E-state index is -1.13. The third kappa shape index (κ3) is 1.57. The summed E-state index contributed by atoms with van der Waals surface area (Å²) in [6, 6.07) is 4.94. The lowest BCUT2D eigenvalue weighted by Crippen LogP contribution is -2.28. The van der Waals surface area contributed by atoms with E-state index in [2.05, 4.69) is 5.32 Å². The highest BCUT2D eigenvalue weighted by Crippen LogP contribution is 2.14. The molecule has 72 valence electrons. The smallest absolute Gasteiger partial charge is 0.465 e. The van der Waals surface area contributed by atoms with Gasteiger partial charge in [-0.25, -0.2) is 4.79 Å². The maximum absolute atomic E-state index is 10.3. The van der Waals surface area contributed by atoms with Crippen LogP contribution in [0.15, 0.2) is 18.2 Å². The van der Waals surface area contributed by atoms with Crippen LogP contribution in [0, 0.1) is 0 Å². The molecule has 14 heavy (non-hydrogen) atoms. The van der Waals surface area contributed by atoms with Crippen LogP contribution in [0.4, 0.5) is 10.5 Å². The van der Waals surface area contributed by atoms with Crippen molar-refractivity contribution in [2.75, 3.05) is 5.32 Å². The second-order valence-electron chi connectivity index (χ2n) is 3.01. The third-order valence-electron chi connectivity index (χ3n) is 2.06. The van der Waals surface area contributed by atoms with Crippen molar-refractivity contribution in [3.8, 4) is 0 Å². The molecule has 1 aromatic carbocycles. The molecule has 0 spiro atoms. The molecule has 0 atom stereocenters. The number of carbonyl (C=O) groups is 1. The van der Waals surface area contributed by atoms with Gasteiger partial charge in [0.2, 0.25) is 0 Å². The van der Waals surface area contributed by atoms with Crippen LogP contribution in [-0.2, 0) is 11.3 Å². The zero-order valence-electron chi connectivity index (χ0n) is 7.23. The Morgan fingerprint density at radius 2 is 2.36 bits per heavy atom. The van der Waals surface area contributed by atoms with Crippen LogP contribution in [0.1, 0.15) is 5.56 Å². The van der Waals surface area contributed by atoms with E-state index in [0.29, 0.717) is 17.8 Å². The molecule has 0 bridgehead atoms. The molecule has 0 radical (unpaired) electrons. The molecule has 0 saturated carbocycles. The van der Waals surface area contributed by atoms with Crippen molar-refractivity contribution in [3.63, 3.8) is 0 Å². The van der Waals surface area contributed by atoms with Gasteiger partial charge in [0.15, 0.2) is 0 Å². The fourth-order valence-corrected chi connectivity index (χ4v) is 1.42. The van der Waals surface area contributed by atoms with E-state index in [1.165, 1.54) is 0 Å². The molecule has 1 aliphatic heterocycles. The largest absolute Gasteiger partial charge is 0.491 e. The summed E-state index contributed by atoms with van der Waals surface area (Å²) in [7, 11) is -0.944. The molecule has 1 aliphatic rings. The van der Waals surface area contributed by atoms with Crippen molar-refractivity contribution < 1.29 is 19.6 Å². The number of anilines is 1. The molecule has 0 saturated heterocycles. The van der Waals surface area contributed by atoms with Crippen molar-refractivity contribution in [2.24, 2.45) is 0 Å².